The van der Waals surface area contributed by atoms with Crippen LogP contribution in [0.15, 0.2) is 43.0 Å². The third-order valence-corrected chi connectivity index (χ3v) is 4.32. The number of benzene rings is 1. The predicted octanol–water partition coefficient (Wildman–Crippen LogP) is 2.77. The van der Waals surface area contributed by atoms with Gasteiger partial charge < -0.3 is 16.2 Å². The standard InChI is InChI=1S/C19H20FN7O/c1-11-8-27(17-4-3-13(21)5-15(11)17)18-16(20)7-22-19(25-18)24-14-6-23-26(10-14)9-12(2)28/h3-8,10,12,28H,9,21H2,1-2H3,(H,22,24,25). The number of anilines is 3. The van der Waals surface area contributed by atoms with E-state index in [4.69, 9.17) is 5.73 Å². The van der Waals surface area contributed by atoms with Crippen LogP contribution >= 0.6 is 0 Å². The van der Waals surface area contributed by atoms with Gasteiger partial charge in [-0.1, -0.05) is 0 Å². The van der Waals surface area contributed by atoms with E-state index in [1.54, 1.807) is 34.6 Å². The molecule has 0 saturated heterocycles. The van der Waals surface area contributed by atoms with E-state index in [1.165, 1.54) is 0 Å². The fourth-order valence-electron chi connectivity index (χ4n) is 3.10. The molecule has 0 amide bonds. The van der Waals surface area contributed by atoms with Gasteiger partial charge in [-0.3, -0.25) is 9.25 Å². The van der Waals surface area contributed by atoms with Crippen LogP contribution in [0.25, 0.3) is 16.7 Å². The number of nitrogens with one attached hydrogen (secondary N) is 1. The fourth-order valence-corrected chi connectivity index (χ4v) is 3.10. The van der Waals surface area contributed by atoms with Gasteiger partial charge in [0.05, 0.1) is 36.2 Å². The molecular formula is C19H20FN7O. The lowest BCUT2D eigenvalue weighted by molar-refractivity contribution is 0.168. The summed E-state index contributed by atoms with van der Waals surface area (Å²) in [6.45, 7) is 3.99. The molecule has 0 saturated carbocycles. The topological polar surface area (TPSA) is 107 Å². The summed E-state index contributed by atoms with van der Waals surface area (Å²) < 4.78 is 17.8. The summed E-state index contributed by atoms with van der Waals surface area (Å²) in [6.07, 6.45) is 5.74. The minimum atomic E-state index is -0.538. The number of aliphatic hydroxyl groups excluding tert-OH is 1. The van der Waals surface area contributed by atoms with Gasteiger partial charge in [-0.25, -0.2) is 9.37 Å². The summed E-state index contributed by atoms with van der Waals surface area (Å²) in [4.78, 5) is 8.36. The Morgan fingerprint density at radius 3 is 2.89 bits per heavy atom. The second kappa shape index (κ2) is 6.93. The van der Waals surface area contributed by atoms with Gasteiger partial charge in [0.15, 0.2) is 11.6 Å². The highest BCUT2D eigenvalue weighted by Crippen LogP contribution is 2.27. The van der Waals surface area contributed by atoms with Crippen molar-refractivity contribution in [1.29, 1.82) is 0 Å². The van der Waals surface area contributed by atoms with Crippen molar-refractivity contribution in [2.45, 2.75) is 26.5 Å². The molecule has 1 aromatic carbocycles. The number of rotatable bonds is 5. The Labute approximate surface area is 160 Å². The Hall–Kier alpha value is -3.46. The third kappa shape index (κ3) is 3.39. The Kier molecular flexibility index (Phi) is 4.44. The van der Waals surface area contributed by atoms with Crippen molar-refractivity contribution in [2.24, 2.45) is 0 Å². The summed E-state index contributed by atoms with van der Waals surface area (Å²) in [7, 11) is 0. The van der Waals surface area contributed by atoms with Gasteiger partial charge in [0.1, 0.15) is 0 Å². The van der Waals surface area contributed by atoms with Crippen LogP contribution in [0.2, 0.25) is 0 Å². The van der Waals surface area contributed by atoms with Crippen LogP contribution in [-0.4, -0.2) is 35.5 Å². The average Bonchev–Trinajstić information content (AvgIpc) is 3.20. The van der Waals surface area contributed by atoms with Gasteiger partial charge in [-0.05, 0) is 37.6 Å². The maximum atomic E-state index is 14.5. The molecule has 0 bridgehead atoms. The third-order valence-electron chi connectivity index (χ3n) is 4.32. The quantitative estimate of drug-likeness (QED) is 0.459. The number of hydrogen-bond acceptors (Lipinski definition) is 6. The molecule has 0 aliphatic heterocycles. The molecule has 0 fully saturated rings. The number of halogens is 1. The van der Waals surface area contributed by atoms with Gasteiger partial charge in [-0.15, -0.1) is 0 Å². The monoisotopic (exact) mass is 381 g/mol. The molecule has 4 aromatic rings. The summed E-state index contributed by atoms with van der Waals surface area (Å²) >= 11 is 0. The molecule has 3 heterocycles. The van der Waals surface area contributed by atoms with E-state index in [0.717, 1.165) is 22.7 Å². The zero-order valence-electron chi connectivity index (χ0n) is 15.5. The highest BCUT2D eigenvalue weighted by atomic mass is 19.1. The molecule has 1 atom stereocenters. The van der Waals surface area contributed by atoms with Crippen molar-refractivity contribution >= 4 is 28.2 Å². The number of aryl methyl sites for hydroxylation is 1. The normalized spacial score (nSPS) is 12.4. The molecule has 4 N–H and O–H groups in total. The van der Waals surface area contributed by atoms with Crippen LogP contribution in [0.4, 0.5) is 21.7 Å². The van der Waals surface area contributed by atoms with Crippen LogP contribution in [0.1, 0.15) is 12.5 Å². The van der Waals surface area contributed by atoms with Crippen LogP contribution in [0.3, 0.4) is 0 Å². The maximum absolute atomic E-state index is 14.5. The fraction of sp³-hybridized carbons (Fsp3) is 0.211. The van der Waals surface area contributed by atoms with Crippen LogP contribution in [-0.2, 0) is 6.54 Å². The molecule has 9 heteroatoms. The Morgan fingerprint density at radius 1 is 1.29 bits per heavy atom. The molecule has 8 nitrogen and oxygen atoms in total. The molecule has 3 aromatic heterocycles. The molecule has 0 aliphatic carbocycles. The highest BCUT2D eigenvalue weighted by molar-refractivity contribution is 5.87. The molecule has 28 heavy (non-hydrogen) atoms. The Morgan fingerprint density at radius 2 is 2.11 bits per heavy atom. The van der Waals surface area contributed by atoms with Crippen LogP contribution in [0.5, 0.6) is 0 Å². The first-order valence-electron chi connectivity index (χ1n) is 8.78. The molecule has 144 valence electrons. The molecule has 4 rings (SSSR count). The average molecular weight is 381 g/mol. The number of nitrogen functional groups attached to an aromatic ring is 1. The van der Waals surface area contributed by atoms with E-state index in [9.17, 15) is 9.50 Å². The number of nitrogens with zero attached hydrogens (tertiary/aromatic N) is 5. The first-order valence-corrected chi connectivity index (χ1v) is 8.78. The minimum Gasteiger partial charge on any atom is -0.399 e. The van der Waals surface area contributed by atoms with Crippen molar-refractivity contribution in [2.75, 3.05) is 11.1 Å². The van der Waals surface area contributed by atoms with Gasteiger partial charge >= 0.3 is 0 Å². The number of nitrogens with two attached hydrogens (primary N) is 1. The van der Waals surface area contributed by atoms with E-state index < -0.39 is 11.9 Å². The van der Waals surface area contributed by atoms with E-state index in [0.29, 0.717) is 17.9 Å². The number of hydrogen-bond donors (Lipinski definition) is 3. The lowest BCUT2D eigenvalue weighted by atomic mass is 10.2. The lowest BCUT2D eigenvalue weighted by Crippen LogP contribution is -2.11. The second-order valence-electron chi connectivity index (χ2n) is 6.75. The first kappa shape index (κ1) is 17.9. The zero-order chi connectivity index (χ0) is 19.8. The molecule has 0 aliphatic rings. The second-order valence-corrected chi connectivity index (χ2v) is 6.75. The van der Waals surface area contributed by atoms with E-state index >= 15 is 0 Å². The SMILES string of the molecule is Cc1cn(-c2nc(Nc3cnn(CC(C)O)c3)ncc2F)c2ccc(N)cc12. The Bertz CT molecular complexity index is 1150. The van der Waals surface area contributed by atoms with Crippen molar-refractivity contribution in [3.63, 3.8) is 0 Å². The number of aliphatic hydroxyl groups is 1. The van der Waals surface area contributed by atoms with Gasteiger partial charge in [0, 0.05) is 23.5 Å². The summed E-state index contributed by atoms with van der Waals surface area (Å²) in [5, 5.41) is 17.5. The summed E-state index contributed by atoms with van der Waals surface area (Å²) in [5.74, 6) is -0.163. The van der Waals surface area contributed by atoms with Crippen molar-refractivity contribution < 1.29 is 9.50 Å². The Balaban J connectivity index is 1.69. The van der Waals surface area contributed by atoms with Crippen molar-refractivity contribution in [3.05, 3.63) is 54.4 Å². The van der Waals surface area contributed by atoms with E-state index in [2.05, 4.69) is 20.4 Å². The summed E-state index contributed by atoms with van der Waals surface area (Å²) in [5.41, 5.74) is 8.93. The predicted molar refractivity (Wildman–Crippen MR) is 105 cm³/mol. The lowest BCUT2D eigenvalue weighted by Gasteiger charge is -2.08. The minimum absolute atomic E-state index is 0.136. The van der Waals surface area contributed by atoms with Crippen LogP contribution in [0, 0.1) is 12.7 Å². The first-order chi connectivity index (χ1) is 13.4. The largest absolute Gasteiger partial charge is 0.399 e. The molecule has 0 radical (unpaired) electrons. The van der Waals surface area contributed by atoms with E-state index in [-0.39, 0.29) is 11.8 Å². The van der Waals surface area contributed by atoms with E-state index in [1.807, 2.05) is 25.3 Å². The number of fused-ring (bicyclic) bond motifs is 1. The van der Waals surface area contributed by atoms with Gasteiger partial charge in [-0.2, -0.15) is 10.1 Å². The highest BCUT2D eigenvalue weighted by Gasteiger charge is 2.14. The number of aromatic nitrogens is 5. The van der Waals surface area contributed by atoms with Crippen LogP contribution < -0.4 is 11.1 Å². The summed E-state index contributed by atoms with van der Waals surface area (Å²) in [6, 6.07) is 5.47. The zero-order valence-corrected chi connectivity index (χ0v) is 15.5. The smallest absolute Gasteiger partial charge is 0.229 e. The molecule has 1 unspecified atom stereocenters. The van der Waals surface area contributed by atoms with Gasteiger partial charge in [0.2, 0.25) is 5.95 Å². The van der Waals surface area contributed by atoms with Crippen molar-refractivity contribution in [3.8, 4) is 5.82 Å². The van der Waals surface area contributed by atoms with Crippen molar-refractivity contribution in [1.82, 2.24) is 24.3 Å². The molecule has 0 spiro atoms. The van der Waals surface area contributed by atoms with Gasteiger partial charge in [0.25, 0.3) is 0 Å². The maximum Gasteiger partial charge on any atom is 0.229 e. The molecular weight excluding hydrogens is 361 g/mol.